The van der Waals surface area contributed by atoms with Crippen LogP contribution in [0, 0.1) is 17.0 Å². The quantitative estimate of drug-likeness (QED) is 0.409. The number of thiazole rings is 1. The van der Waals surface area contributed by atoms with Gasteiger partial charge in [-0.05, 0) is 25.5 Å². The summed E-state index contributed by atoms with van der Waals surface area (Å²) in [6, 6.07) is 12.7. The van der Waals surface area contributed by atoms with Crippen molar-refractivity contribution >= 4 is 37.9 Å². The lowest BCUT2D eigenvalue weighted by atomic mass is 10.1. The third-order valence-electron chi connectivity index (χ3n) is 4.30. The van der Waals surface area contributed by atoms with Crippen molar-refractivity contribution in [2.45, 2.75) is 24.7 Å². The fourth-order valence-electron chi connectivity index (χ4n) is 2.71. The smallest absolute Gasteiger partial charge is 0.270 e. The molecule has 1 heterocycles. The maximum atomic E-state index is 12.3. The van der Waals surface area contributed by atoms with Gasteiger partial charge in [0.1, 0.15) is 0 Å². The molecular weight excluding hydrogens is 426 g/mol. The predicted octanol–water partition coefficient (Wildman–Crippen LogP) is 4.22. The highest BCUT2D eigenvalue weighted by Gasteiger charge is 2.16. The number of nitro groups is 1. The van der Waals surface area contributed by atoms with Gasteiger partial charge in [-0.25, -0.2) is 13.4 Å². The largest absolute Gasteiger partial charge is 0.302 e. The van der Waals surface area contributed by atoms with Crippen molar-refractivity contribution in [2.24, 2.45) is 0 Å². The zero-order valence-electron chi connectivity index (χ0n) is 16.1. The molecule has 3 rings (SSSR count). The molecule has 0 unspecified atom stereocenters. The molecule has 3 aromatic rings. The molecule has 0 fully saturated rings. The molecule has 0 aliphatic carbocycles. The van der Waals surface area contributed by atoms with Crippen LogP contribution in [-0.2, 0) is 14.6 Å². The number of hydrogen-bond acceptors (Lipinski definition) is 7. The third kappa shape index (κ3) is 5.49. The van der Waals surface area contributed by atoms with Crippen molar-refractivity contribution in [3.05, 3.63) is 69.6 Å². The highest BCUT2D eigenvalue weighted by Crippen LogP contribution is 2.27. The highest BCUT2D eigenvalue weighted by molar-refractivity contribution is 7.91. The Hall–Kier alpha value is -3.11. The normalized spacial score (nSPS) is 11.2. The van der Waals surface area contributed by atoms with E-state index in [1.807, 2.05) is 6.92 Å². The van der Waals surface area contributed by atoms with Crippen LogP contribution in [0.25, 0.3) is 11.3 Å². The minimum atomic E-state index is -3.44. The number of hydrogen-bond donors (Lipinski definition) is 1. The van der Waals surface area contributed by atoms with Gasteiger partial charge in [-0.2, -0.15) is 0 Å². The Bertz CT molecular complexity index is 1170. The maximum absolute atomic E-state index is 12.3. The van der Waals surface area contributed by atoms with Crippen molar-refractivity contribution < 1.29 is 18.1 Å². The number of amides is 1. The second kappa shape index (κ2) is 9.14. The topological polar surface area (TPSA) is 119 Å². The van der Waals surface area contributed by atoms with E-state index in [1.165, 1.54) is 23.5 Å². The minimum Gasteiger partial charge on any atom is -0.302 e. The van der Waals surface area contributed by atoms with E-state index in [0.717, 1.165) is 5.56 Å². The van der Waals surface area contributed by atoms with E-state index in [2.05, 4.69) is 10.3 Å². The van der Waals surface area contributed by atoms with Gasteiger partial charge in [-0.1, -0.05) is 29.8 Å². The number of rotatable bonds is 8. The number of aryl methyl sites for hydroxylation is 1. The summed E-state index contributed by atoms with van der Waals surface area (Å²) in [5, 5.41) is 15.6. The Labute approximate surface area is 177 Å². The van der Waals surface area contributed by atoms with Gasteiger partial charge < -0.3 is 5.32 Å². The van der Waals surface area contributed by atoms with Crippen LogP contribution in [0.15, 0.2) is 58.8 Å². The molecular formula is C20H19N3O5S2. The summed E-state index contributed by atoms with van der Waals surface area (Å²) in [5.74, 6) is -0.464. The van der Waals surface area contributed by atoms with Crippen LogP contribution >= 0.6 is 11.3 Å². The molecule has 0 aliphatic heterocycles. The van der Waals surface area contributed by atoms with Crippen molar-refractivity contribution in [1.82, 2.24) is 4.98 Å². The van der Waals surface area contributed by atoms with E-state index < -0.39 is 14.8 Å². The summed E-state index contributed by atoms with van der Waals surface area (Å²) in [5.41, 5.74) is 2.02. The monoisotopic (exact) mass is 445 g/mol. The first-order valence-electron chi connectivity index (χ1n) is 9.04. The van der Waals surface area contributed by atoms with Crippen molar-refractivity contribution in [3.8, 4) is 11.3 Å². The summed E-state index contributed by atoms with van der Waals surface area (Å²) < 4.78 is 24.7. The lowest BCUT2D eigenvalue weighted by molar-refractivity contribution is -0.384. The van der Waals surface area contributed by atoms with Crippen LogP contribution in [0.5, 0.6) is 0 Å². The zero-order valence-corrected chi connectivity index (χ0v) is 17.7. The second-order valence-electron chi connectivity index (χ2n) is 6.63. The van der Waals surface area contributed by atoms with Gasteiger partial charge in [0.25, 0.3) is 5.69 Å². The van der Waals surface area contributed by atoms with Gasteiger partial charge >= 0.3 is 0 Å². The lowest BCUT2D eigenvalue weighted by Crippen LogP contribution is -2.14. The summed E-state index contributed by atoms with van der Waals surface area (Å²) >= 11 is 1.19. The Kier molecular flexibility index (Phi) is 6.58. The molecule has 10 heteroatoms. The Morgan fingerprint density at radius 2 is 1.93 bits per heavy atom. The summed E-state index contributed by atoms with van der Waals surface area (Å²) in [4.78, 5) is 27.1. The van der Waals surface area contributed by atoms with E-state index in [-0.39, 0.29) is 35.1 Å². The van der Waals surface area contributed by atoms with E-state index in [0.29, 0.717) is 16.4 Å². The minimum absolute atomic E-state index is 0.0385. The fraction of sp³-hybridized carbons (Fsp3) is 0.200. The standard InChI is InChI=1S/C20H19N3O5S2/c1-14-7-9-17(10-8-14)30(27,28)11-3-6-19(24)22-20-21-18(13-29-20)15-4-2-5-16(12-15)23(25)26/h2,4-5,7-10,12-13H,3,6,11H2,1H3,(H,21,22,24). The number of carbonyl (C=O) groups excluding carboxylic acids is 1. The molecule has 0 bridgehead atoms. The number of nitrogens with zero attached hydrogens (tertiary/aromatic N) is 2. The lowest BCUT2D eigenvalue weighted by Gasteiger charge is -2.05. The van der Waals surface area contributed by atoms with Crippen LogP contribution in [0.1, 0.15) is 18.4 Å². The number of anilines is 1. The molecule has 0 radical (unpaired) electrons. The molecule has 30 heavy (non-hydrogen) atoms. The van der Waals surface area contributed by atoms with Gasteiger partial charge in [0.05, 0.1) is 21.3 Å². The molecule has 2 aromatic carbocycles. The number of benzene rings is 2. The van der Waals surface area contributed by atoms with Crippen molar-refractivity contribution in [3.63, 3.8) is 0 Å². The van der Waals surface area contributed by atoms with Crippen LogP contribution in [0.3, 0.4) is 0 Å². The molecule has 0 spiro atoms. The Balaban J connectivity index is 1.55. The molecule has 0 saturated carbocycles. The van der Waals surface area contributed by atoms with E-state index in [4.69, 9.17) is 0 Å². The average molecular weight is 446 g/mol. The van der Waals surface area contributed by atoms with Gasteiger partial charge in [-0.3, -0.25) is 14.9 Å². The predicted molar refractivity (Wildman–Crippen MR) is 115 cm³/mol. The summed E-state index contributed by atoms with van der Waals surface area (Å²) in [7, 11) is -3.44. The molecule has 0 aliphatic rings. The van der Waals surface area contributed by atoms with Gasteiger partial charge in [0, 0.05) is 29.5 Å². The molecule has 1 N–H and O–H groups in total. The molecule has 1 aromatic heterocycles. The van der Waals surface area contributed by atoms with Crippen molar-refractivity contribution in [2.75, 3.05) is 11.1 Å². The van der Waals surface area contributed by atoms with Crippen LogP contribution < -0.4 is 5.32 Å². The fourth-order valence-corrected chi connectivity index (χ4v) is 4.76. The van der Waals surface area contributed by atoms with Crippen molar-refractivity contribution in [1.29, 1.82) is 0 Å². The number of non-ortho nitro benzene ring substituents is 1. The highest BCUT2D eigenvalue weighted by atomic mass is 32.2. The number of nitro benzene ring substituents is 1. The molecule has 1 amide bonds. The average Bonchev–Trinajstić information content (AvgIpc) is 3.16. The third-order valence-corrected chi connectivity index (χ3v) is 6.87. The number of aromatic nitrogens is 1. The molecule has 156 valence electrons. The summed E-state index contributed by atoms with van der Waals surface area (Å²) in [6.07, 6.45) is 0.224. The van der Waals surface area contributed by atoms with Gasteiger partial charge in [0.2, 0.25) is 5.91 Å². The Morgan fingerprint density at radius 3 is 2.63 bits per heavy atom. The molecule has 0 saturated heterocycles. The van der Waals surface area contributed by atoms with E-state index in [9.17, 15) is 23.3 Å². The molecule has 8 nitrogen and oxygen atoms in total. The van der Waals surface area contributed by atoms with Crippen LogP contribution in [-0.4, -0.2) is 30.0 Å². The van der Waals surface area contributed by atoms with E-state index in [1.54, 1.807) is 41.8 Å². The van der Waals surface area contributed by atoms with Gasteiger partial charge in [-0.15, -0.1) is 11.3 Å². The number of carbonyl (C=O) groups is 1. The van der Waals surface area contributed by atoms with Gasteiger partial charge in [0.15, 0.2) is 15.0 Å². The SMILES string of the molecule is Cc1ccc(S(=O)(=O)CCCC(=O)Nc2nc(-c3cccc([N+](=O)[O-])c3)cs2)cc1. The zero-order chi connectivity index (χ0) is 21.7. The Morgan fingerprint density at radius 1 is 1.20 bits per heavy atom. The molecule has 0 atom stereocenters. The maximum Gasteiger partial charge on any atom is 0.270 e. The summed E-state index contributed by atoms with van der Waals surface area (Å²) in [6.45, 7) is 1.88. The van der Waals surface area contributed by atoms with Crippen LogP contribution in [0.2, 0.25) is 0 Å². The second-order valence-corrected chi connectivity index (χ2v) is 9.60. The first-order chi connectivity index (χ1) is 14.2. The number of nitrogens with one attached hydrogen (secondary N) is 1. The first-order valence-corrected chi connectivity index (χ1v) is 11.6. The van der Waals surface area contributed by atoms with Crippen LogP contribution in [0.4, 0.5) is 10.8 Å². The van der Waals surface area contributed by atoms with E-state index >= 15 is 0 Å². The number of sulfone groups is 1. The first kappa shape index (κ1) is 21.6.